The number of rotatable bonds is 2. The van der Waals surface area contributed by atoms with Gasteiger partial charge >= 0.3 is 5.69 Å². The van der Waals surface area contributed by atoms with Gasteiger partial charge in [-0.25, -0.2) is 4.79 Å². The summed E-state index contributed by atoms with van der Waals surface area (Å²) in [5, 5.41) is 18.3. The maximum Gasteiger partial charge on any atom is 0.332 e. The Morgan fingerprint density at radius 1 is 1.08 bits per heavy atom. The minimum Gasteiger partial charge on any atom is -0.497 e. The number of aryl methyl sites for hydroxylation is 2. The third-order valence-electron chi connectivity index (χ3n) is 4.11. The van der Waals surface area contributed by atoms with Gasteiger partial charge in [0.2, 0.25) is 15.8 Å². The molecule has 0 amide bonds. The fourth-order valence-electron chi connectivity index (χ4n) is 2.67. The molecule has 0 unspecified atom stereocenters. The smallest absolute Gasteiger partial charge is 0.332 e. The van der Waals surface area contributed by atoms with Crippen molar-refractivity contribution in [1.29, 1.82) is 0 Å². The second kappa shape index (κ2) is 5.63. The van der Waals surface area contributed by atoms with Gasteiger partial charge in [0.1, 0.15) is 0 Å². The topological polar surface area (TPSA) is 106 Å². The van der Waals surface area contributed by atoms with Crippen LogP contribution in [0.3, 0.4) is 0 Å². The van der Waals surface area contributed by atoms with Gasteiger partial charge in [-0.3, -0.25) is 18.3 Å². The fraction of sp³-hybridized carbons (Fsp3) is 0.188. The van der Waals surface area contributed by atoms with E-state index in [1.807, 2.05) is 19.1 Å². The zero-order valence-electron chi connectivity index (χ0n) is 14.2. The Balaban J connectivity index is 2.01. The van der Waals surface area contributed by atoms with Crippen LogP contribution in [0, 0.1) is 6.92 Å². The van der Waals surface area contributed by atoms with Gasteiger partial charge in [-0.2, -0.15) is 4.98 Å². The Bertz CT molecular complexity index is 1310. The van der Waals surface area contributed by atoms with Crippen molar-refractivity contribution in [3.8, 4) is 5.06 Å². The number of fused-ring (bicyclic) bond motifs is 3. The van der Waals surface area contributed by atoms with E-state index in [2.05, 4.69) is 15.2 Å². The molecule has 0 fully saturated rings. The maximum absolute atomic E-state index is 12.6. The quantitative estimate of drug-likeness (QED) is 0.547. The molecule has 9 nitrogen and oxygen atoms in total. The van der Waals surface area contributed by atoms with E-state index in [1.54, 1.807) is 12.1 Å². The lowest BCUT2D eigenvalue weighted by Gasteiger charge is -2.02. The molecule has 4 rings (SSSR count). The molecule has 1 N–H and O–H groups in total. The molecule has 26 heavy (non-hydrogen) atoms. The molecule has 0 atom stereocenters. The lowest BCUT2D eigenvalue weighted by Crippen LogP contribution is -2.37. The molecule has 3 aromatic heterocycles. The third-order valence-corrected chi connectivity index (χ3v) is 4.94. The minimum atomic E-state index is -0.514. The molecule has 132 valence electrons. The number of nitrogens with zero attached hydrogens (tertiary/aromatic N) is 6. The molecule has 0 aliphatic rings. The van der Waals surface area contributed by atoms with Gasteiger partial charge < -0.3 is 5.11 Å². The van der Waals surface area contributed by atoms with Crippen LogP contribution >= 0.6 is 11.3 Å². The number of thiazole rings is 1. The molecular weight excluding hydrogens is 356 g/mol. The Morgan fingerprint density at radius 3 is 2.46 bits per heavy atom. The summed E-state index contributed by atoms with van der Waals surface area (Å²) in [5.74, 6) is 0.101. The van der Waals surface area contributed by atoms with Crippen LogP contribution in [-0.2, 0) is 14.1 Å². The molecule has 0 bridgehead atoms. The largest absolute Gasteiger partial charge is 0.497 e. The lowest BCUT2D eigenvalue weighted by molar-refractivity contribution is 0.490. The van der Waals surface area contributed by atoms with Gasteiger partial charge in [0.25, 0.3) is 5.56 Å². The van der Waals surface area contributed by atoms with Crippen molar-refractivity contribution in [2.24, 2.45) is 24.3 Å². The number of hydrogen-bond acceptors (Lipinski definition) is 7. The second-order valence-electron chi connectivity index (χ2n) is 5.87. The molecule has 0 radical (unpaired) electrons. The first-order chi connectivity index (χ1) is 12.4. The highest BCUT2D eigenvalue weighted by Crippen LogP contribution is 2.38. The first kappa shape index (κ1) is 16.2. The van der Waals surface area contributed by atoms with Crippen molar-refractivity contribution in [3.63, 3.8) is 0 Å². The van der Waals surface area contributed by atoms with E-state index >= 15 is 0 Å². The predicted molar refractivity (Wildman–Crippen MR) is 98.1 cm³/mol. The van der Waals surface area contributed by atoms with Gasteiger partial charge in [-0.05, 0) is 19.1 Å². The molecule has 1 aromatic carbocycles. The standard InChI is InChI=1S/C16H14N6O3S/c1-8-4-6-9(7-5-8)18-19-12-14(24)26-15-17-11-10(22(12)15)13(23)21(3)16(25)20(11)2/h4-7,24H,1-3H3. The fourth-order valence-corrected chi connectivity index (χ4v) is 3.47. The van der Waals surface area contributed by atoms with Crippen molar-refractivity contribution in [1.82, 2.24) is 18.5 Å². The zero-order chi connectivity index (χ0) is 18.6. The van der Waals surface area contributed by atoms with E-state index in [0.717, 1.165) is 21.5 Å². The van der Waals surface area contributed by atoms with Gasteiger partial charge in [0, 0.05) is 14.1 Å². The van der Waals surface area contributed by atoms with E-state index in [1.165, 1.54) is 23.1 Å². The first-order valence-corrected chi connectivity index (χ1v) is 8.48. The van der Waals surface area contributed by atoms with E-state index in [4.69, 9.17) is 0 Å². The number of azo groups is 1. The van der Waals surface area contributed by atoms with Crippen LogP contribution in [-0.4, -0.2) is 23.6 Å². The van der Waals surface area contributed by atoms with Crippen molar-refractivity contribution < 1.29 is 5.11 Å². The monoisotopic (exact) mass is 370 g/mol. The summed E-state index contributed by atoms with van der Waals surface area (Å²) in [7, 11) is 2.93. The molecule has 4 aromatic rings. The summed E-state index contributed by atoms with van der Waals surface area (Å²) in [6.45, 7) is 1.97. The Hall–Kier alpha value is -3.27. The SMILES string of the molecule is Cc1ccc(N=Nc2c(O)sc3nc4c(c(=O)n(C)c(=O)n4C)n23)cc1. The van der Waals surface area contributed by atoms with Crippen LogP contribution < -0.4 is 11.2 Å². The Kier molecular flexibility index (Phi) is 3.51. The van der Waals surface area contributed by atoms with Gasteiger partial charge in [0.15, 0.2) is 11.2 Å². The average Bonchev–Trinajstić information content (AvgIpc) is 3.13. The number of hydrogen-bond donors (Lipinski definition) is 1. The normalized spacial score (nSPS) is 12.0. The molecule has 0 saturated carbocycles. The summed E-state index contributed by atoms with van der Waals surface area (Å²) >= 11 is 0.961. The van der Waals surface area contributed by atoms with Gasteiger partial charge in [-0.15, -0.1) is 10.2 Å². The summed E-state index contributed by atoms with van der Waals surface area (Å²) in [5.41, 5.74) is 1.12. The number of benzene rings is 1. The van der Waals surface area contributed by atoms with Crippen LogP contribution in [0.5, 0.6) is 5.06 Å². The van der Waals surface area contributed by atoms with Crippen LogP contribution in [0.4, 0.5) is 11.5 Å². The van der Waals surface area contributed by atoms with Crippen LogP contribution in [0.25, 0.3) is 16.1 Å². The van der Waals surface area contributed by atoms with Crippen molar-refractivity contribution in [2.75, 3.05) is 0 Å². The average molecular weight is 370 g/mol. The Labute approximate surface area is 150 Å². The molecule has 0 aliphatic heterocycles. The summed E-state index contributed by atoms with van der Waals surface area (Å²) in [6.07, 6.45) is 0. The molecule has 0 aliphatic carbocycles. The van der Waals surface area contributed by atoms with Crippen LogP contribution in [0.15, 0.2) is 44.1 Å². The molecule has 3 heterocycles. The van der Waals surface area contributed by atoms with Crippen LogP contribution in [0.2, 0.25) is 0 Å². The highest BCUT2D eigenvalue weighted by Gasteiger charge is 2.21. The summed E-state index contributed by atoms with van der Waals surface area (Å²) < 4.78 is 3.70. The van der Waals surface area contributed by atoms with Crippen molar-refractivity contribution in [2.45, 2.75) is 6.92 Å². The number of aromatic hydroxyl groups is 1. The molecule has 10 heteroatoms. The number of imidazole rings is 1. The van der Waals surface area contributed by atoms with Crippen LogP contribution in [0.1, 0.15) is 5.56 Å². The number of aromatic nitrogens is 4. The van der Waals surface area contributed by atoms with E-state index in [0.29, 0.717) is 10.6 Å². The summed E-state index contributed by atoms with van der Waals surface area (Å²) in [4.78, 5) is 29.3. The first-order valence-electron chi connectivity index (χ1n) is 7.67. The van der Waals surface area contributed by atoms with Gasteiger partial charge in [0.05, 0.1) is 5.69 Å². The Morgan fingerprint density at radius 2 is 1.77 bits per heavy atom. The van der Waals surface area contributed by atoms with Gasteiger partial charge in [-0.1, -0.05) is 29.0 Å². The highest BCUT2D eigenvalue weighted by molar-refractivity contribution is 7.19. The zero-order valence-corrected chi connectivity index (χ0v) is 15.0. The van der Waals surface area contributed by atoms with Crippen molar-refractivity contribution >= 4 is 39.0 Å². The second-order valence-corrected chi connectivity index (χ2v) is 6.83. The highest BCUT2D eigenvalue weighted by atomic mass is 32.1. The minimum absolute atomic E-state index is 0.101. The van der Waals surface area contributed by atoms with Crippen molar-refractivity contribution in [3.05, 3.63) is 50.7 Å². The lowest BCUT2D eigenvalue weighted by atomic mass is 10.2. The molecule has 0 saturated heterocycles. The maximum atomic E-state index is 12.6. The summed E-state index contributed by atoms with van der Waals surface area (Å²) in [6, 6.07) is 7.40. The van der Waals surface area contributed by atoms with E-state index in [9.17, 15) is 14.7 Å². The molecule has 0 spiro atoms. The van der Waals surface area contributed by atoms with E-state index < -0.39 is 11.2 Å². The predicted octanol–water partition coefficient (Wildman–Crippen LogP) is 2.38. The third kappa shape index (κ3) is 2.26. The van der Waals surface area contributed by atoms with E-state index in [-0.39, 0.29) is 22.0 Å². The molecular formula is C16H14N6O3S.